The van der Waals surface area contributed by atoms with Crippen molar-refractivity contribution >= 4 is 17.3 Å². The Morgan fingerprint density at radius 3 is 2.40 bits per heavy atom. The number of anilines is 1. The van der Waals surface area contributed by atoms with Crippen LogP contribution in [-0.4, -0.2) is 13.7 Å². The first-order valence-electron chi connectivity index (χ1n) is 9.02. The van der Waals surface area contributed by atoms with Crippen LogP contribution in [0.1, 0.15) is 44.6 Å². The van der Waals surface area contributed by atoms with E-state index in [0.29, 0.717) is 10.8 Å². The normalized spacial score (nSPS) is 10.5. The van der Waals surface area contributed by atoms with Gasteiger partial charge in [0.05, 0.1) is 18.7 Å². The van der Waals surface area contributed by atoms with E-state index in [1.54, 1.807) is 7.11 Å². The molecule has 0 spiro atoms. The van der Waals surface area contributed by atoms with Gasteiger partial charge in [-0.25, -0.2) is 0 Å². The Balaban J connectivity index is 1.73. The summed E-state index contributed by atoms with van der Waals surface area (Å²) in [5.41, 5.74) is 2.17. The van der Waals surface area contributed by atoms with Gasteiger partial charge in [-0.1, -0.05) is 56.3 Å². The SMILES string of the molecule is CCCCCCCOc1ccc(CNc2ccc(OC)c(Cl)c2)cc1. The Bertz CT molecular complexity index is 628. The first kappa shape index (κ1) is 19.5. The third-order valence-electron chi connectivity index (χ3n) is 4.09. The molecule has 0 bridgehead atoms. The van der Waals surface area contributed by atoms with Crippen molar-refractivity contribution in [3.63, 3.8) is 0 Å². The van der Waals surface area contributed by atoms with Gasteiger partial charge < -0.3 is 14.8 Å². The third kappa shape index (κ3) is 6.87. The Labute approximate surface area is 156 Å². The lowest BCUT2D eigenvalue weighted by Crippen LogP contribution is -2.00. The zero-order valence-electron chi connectivity index (χ0n) is 15.2. The predicted molar refractivity (Wildman–Crippen MR) is 106 cm³/mol. The van der Waals surface area contributed by atoms with Gasteiger partial charge in [0.15, 0.2) is 0 Å². The molecule has 0 saturated heterocycles. The van der Waals surface area contributed by atoms with E-state index in [1.807, 2.05) is 30.3 Å². The largest absolute Gasteiger partial charge is 0.495 e. The molecule has 2 aromatic carbocycles. The molecule has 0 radical (unpaired) electrons. The topological polar surface area (TPSA) is 30.5 Å². The third-order valence-corrected chi connectivity index (χ3v) is 4.38. The van der Waals surface area contributed by atoms with E-state index in [1.165, 1.54) is 31.2 Å². The van der Waals surface area contributed by atoms with Crippen LogP contribution < -0.4 is 14.8 Å². The summed E-state index contributed by atoms with van der Waals surface area (Å²) in [7, 11) is 1.61. The number of benzene rings is 2. The average Bonchev–Trinajstić information content (AvgIpc) is 2.64. The lowest BCUT2D eigenvalue weighted by Gasteiger charge is -2.10. The molecule has 0 atom stereocenters. The Kier molecular flexibility index (Phi) is 8.47. The van der Waals surface area contributed by atoms with Crippen molar-refractivity contribution in [2.75, 3.05) is 19.0 Å². The molecule has 0 saturated carbocycles. The molecular formula is C21H28ClNO2. The van der Waals surface area contributed by atoms with Gasteiger partial charge in [-0.15, -0.1) is 0 Å². The highest BCUT2D eigenvalue weighted by atomic mass is 35.5. The predicted octanol–water partition coefficient (Wildman–Crippen LogP) is 6.31. The fraction of sp³-hybridized carbons (Fsp3) is 0.429. The number of unbranched alkanes of at least 4 members (excludes halogenated alkanes) is 4. The Hall–Kier alpha value is -1.87. The number of ether oxygens (including phenoxy) is 2. The van der Waals surface area contributed by atoms with Crippen LogP contribution in [0, 0.1) is 0 Å². The maximum Gasteiger partial charge on any atom is 0.137 e. The lowest BCUT2D eigenvalue weighted by atomic mass is 10.2. The molecular weight excluding hydrogens is 334 g/mol. The molecule has 0 aliphatic rings. The van der Waals surface area contributed by atoms with Crippen LogP contribution in [0.3, 0.4) is 0 Å². The molecule has 0 heterocycles. The van der Waals surface area contributed by atoms with Crippen molar-refractivity contribution in [1.29, 1.82) is 0 Å². The highest BCUT2D eigenvalue weighted by Gasteiger charge is 2.02. The van der Waals surface area contributed by atoms with Crippen LogP contribution >= 0.6 is 11.6 Å². The number of rotatable bonds is 11. The van der Waals surface area contributed by atoms with Gasteiger partial charge in [-0.2, -0.15) is 0 Å². The Morgan fingerprint density at radius 1 is 0.960 bits per heavy atom. The second kappa shape index (κ2) is 10.9. The summed E-state index contributed by atoms with van der Waals surface area (Å²) >= 11 is 6.14. The highest BCUT2D eigenvalue weighted by Crippen LogP contribution is 2.27. The minimum atomic E-state index is 0.607. The highest BCUT2D eigenvalue weighted by molar-refractivity contribution is 6.32. The molecule has 0 aliphatic heterocycles. The van der Waals surface area contributed by atoms with Crippen LogP contribution in [-0.2, 0) is 6.54 Å². The van der Waals surface area contributed by atoms with Crippen molar-refractivity contribution in [3.05, 3.63) is 53.1 Å². The van der Waals surface area contributed by atoms with Crippen molar-refractivity contribution in [2.24, 2.45) is 0 Å². The van der Waals surface area contributed by atoms with E-state index < -0.39 is 0 Å². The van der Waals surface area contributed by atoms with Crippen LogP contribution in [0.4, 0.5) is 5.69 Å². The van der Waals surface area contributed by atoms with E-state index in [-0.39, 0.29) is 0 Å². The van der Waals surface area contributed by atoms with Gasteiger partial charge in [0, 0.05) is 12.2 Å². The van der Waals surface area contributed by atoms with E-state index in [4.69, 9.17) is 21.1 Å². The van der Waals surface area contributed by atoms with Gasteiger partial charge in [0.25, 0.3) is 0 Å². The van der Waals surface area contributed by atoms with Gasteiger partial charge in [0.2, 0.25) is 0 Å². The summed E-state index contributed by atoms with van der Waals surface area (Å²) in [4.78, 5) is 0. The summed E-state index contributed by atoms with van der Waals surface area (Å²) in [6.45, 7) is 3.77. The lowest BCUT2D eigenvalue weighted by molar-refractivity contribution is 0.304. The summed E-state index contributed by atoms with van der Waals surface area (Å²) in [6.07, 6.45) is 6.28. The summed E-state index contributed by atoms with van der Waals surface area (Å²) in [6, 6.07) is 13.9. The van der Waals surface area contributed by atoms with Crippen molar-refractivity contribution < 1.29 is 9.47 Å². The second-order valence-electron chi connectivity index (χ2n) is 6.11. The molecule has 0 amide bonds. The summed E-state index contributed by atoms with van der Waals surface area (Å²) in [5.74, 6) is 1.62. The van der Waals surface area contributed by atoms with Crippen molar-refractivity contribution in [2.45, 2.75) is 45.6 Å². The van der Waals surface area contributed by atoms with Crippen LogP contribution in [0.25, 0.3) is 0 Å². The number of methoxy groups -OCH3 is 1. The Morgan fingerprint density at radius 2 is 1.72 bits per heavy atom. The monoisotopic (exact) mass is 361 g/mol. The molecule has 136 valence electrons. The number of hydrogen-bond acceptors (Lipinski definition) is 3. The van der Waals surface area contributed by atoms with E-state index >= 15 is 0 Å². The van der Waals surface area contributed by atoms with Gasteiger partial charge in [0.1, 0.15) is 11.5 Å². The van der Waals surface area contributed by atoms with Crippen LogP contribution in [0.2, 0.25) is 5.02 Å². The maximum atomic E-state index is 6.14. The molecule has 2 aromatic rings. The minimum Gasteiger partial charge on any atom is -0.495 e. The van der Waals surface area contributed by atoms with E-state index in [9.17, 15) is 0 Å². The molecule has 3 nitrogen and oxygen atoms in total. The number of hydrogen-bond donors (Lipinski definition) is 1. The second-order valence-corrected chi connectivity index (χ2v) is 6.52. The smallest absolute Gasteiger partial charge is 0.137 e. The van der Waals surface area contributed by atoms with Crippen molar-refractivity contribution in [3.8, 4) is 11.5 Å². The fourth-order valence-electron chi connectivity index (χ4n) is 2.58. The molecule has 0 aliphatic carbocycles. The fourth-order valence-corrected chi connectivity index (χ4v) is 2.84. The molecule has 25 heavy (non-hydrogen) atoms. The maximum absolute atomic E-state index is 6.14. The quantitative estimate of drug-likeness (QED) is 0.475. The zero-order chi connectivity index (χ0) is 17.9. The summed E-state index contributed by atoms with van der Waals surface area (Å²) in [5, 5.41) is 3.97. The van der Waals surface area contributed by atoms with Gasteiger partial charge in [-0.3, -0.25) is 0 Å². The number of nitrogens with one attached hydrogen (secondary N) is 1. The zero-order valence-corrected chi connectivity index (χ0v) is 15.9. The first-order valence-corrected chi connectivity index (χ1v) is 9.40. The average molecular weight is 362 g/mol. The van der Waals surface area contributed by atoms with E-state index in [2.05, 4.69) is 24.4 Å². The molecule has 0 unspecified atom stereocenters. The first-order chi connectivity index (χ1) is 12.2. The standard InChI is InChI=1S/C21H28ClNO2/c1-3-4-5-6-7-14-25-19-11-8-17(9-12-19)16-23-18-10-13-21(24-2)20(22)15-18/h8-13,15,23H,3-7,14,16H2,1-2H3. The molecule has 0 aromatic heterocycles. The van der Waals surface area contributed by atoms with Gasteiger partial charge >= 0.3 is 0 Å². The summed E-state index contributed by atoms with van der Waals surface area (Å²) < 4.78 is 11.0. The van der Waals surface area contributed by atoms with E-state index in [0.717, 1.165) is 31.0 Å². The molecule has 4 heteroatoms. The molecule has 2 rings (SSSR count). The van der Waals surface area contributed by atoms with Gasteiger partial charge in [-0.05, 0) is 42.3 Å². The minimum absolute atomic E-state index is 0.607. The molecule has 1 N–H and O–H groups in total. The number of halogens is 1. The van der Waals surface area contributed by atoms with Crippen molar-refractivity contribution in [1.82, 2.24) is 0 Å². The van der Waals surface area contributed by atoms with Crippen LogP contribution in [0.15, 0.2) is 42.5 Å². The van der Waals surface area contributed by atoms with Crippen LogP contribution in [0.5, 0.6) is 11.5 Å². The molecule has 0 fully saturated rings.